The molecule has 0 amide bonds. The van der Waals surface area contributed by atoms with E-state index in [1.165, 1.54) is 12.1 Å². The zero-order chi connectivity index (χ0) is 15.0. The molecule has 3 rings (SSSR count). The fourth-order valence-corrected chi connectivity index (χ4v) is 3.44. The van der Waals surface area contributed by atoms with Crippen LogP contribution in [0.15, 0.2) is 41.3 Å². The Hall–Kier alpha value is -2.08. The SMILES string of the molecule is Cc1ccc(NS(=O)(=O)c2ccc3c(c2)NCC3)c(F)c1. The lowest BCUT2D eigenvalue weighted by Gasteiger charge is -2.10. The predicted molar refractivity (Wildman–Crippen MR) is 80.6 cm³/mol. The van der Waals surface area contributed by atoms with E-state index in [9.17, 15) is 12.8 Å². The van der Waals surface area contributed by atoms with E-state index >= 15 is 0 Å². The molecule has 6 heteroatoms. The maximum Gasteiger partial charge on any atom is 0.262 e. The first-order chi connectivity index (χ1) is 9.95. The molecule has 21 heavy (non-hydrogen) atoms. The van der Waals surface area contributed by atoms with Gasteiger partial charge in [-0.15, -0.1) is 0 Å². The maximum atomic E-state index is 13.8. The van der Waals surface area contributed by atoms with Crippen LogP contribution in [0.2, 0.25) is 0 Å². The molecule has 2 N–H and O–H groups in total. The van der Waals surface area contributed by atoms with Crippen LogP contribution in [-0.2, 0) is 16.4 Å². The average Bonchev–Trinajstić information content (AvgIpc) is 2.89. The van der Waals surface area contributed by atoms with Gasteiger partial charge in [-0.1, -0.05) is 12.1 Å². The molecule has 0 saturated heterocycles. The number of sulfonamides is 1. The summed E-state index contributed by atoms with van der Waals surface area (Å²) in [5.74, 6) is -0.585. The minimum absolute atomic E-state index is 0.0472. The monoisotopic (exact) mass is 306 g/mol. The smallest absolute Gasteiger partial charge is 0.262 e. The number of halogens is 1. The van der Waals surface area contributed by atoms with E-state index in [1.807, 2.05) is 0 Å². The lowest BCUT2D eigenvalue weighted by molar-refractivity contribution is 0.598. The van der Waals surface area contributed by atoms with E-state index in [0.717, 1.165) is 29.8 Å². The Kier molecular flexibility index (Phi) is 3.33. The van der Waals surface area contributed by atoms with Crippen molar-refractivity contribution < 1.29 is 12.8 Å². The normalized spacial score (nSPS) is 13.6. The topological polar surface area (TPSA) is 58.2 Å². The van der Waals surface area contributed by atoms with Gasteiger partial charge in [0.25, 0.3) is 10.0 Å². The first kappa shape index (κ1) is 13.9. The highest BCUT2D eigenvalue weighted by Crippen LogP contribution is 2.27. The standard InChI is InChI=1S/C15H15FN2O2S/c1-10-2-5-14(13(16)8-10)18-21(19,20)12-4-3-11-6-7-17-15(11)9-12/h2-5,8-9,17-18H,6-7H2,1H3. The number of aryl methyl sites for hydroxylation is 1. The van der Waals surface area contributed by atoms with Gasteiger partial charge in [-0.3, -0.25) is 4.72 Å². The highest BCUT2D eigenvalue weighted by molar-refractivity contribution is 7.92. The summed E-state index contributed by atoms with van der Waals surface area (Å²) in [7, 11) is -3.80. The third-order valence-corrected chi connectivity index (χ3v) is 4.83. The Balaban J connectivity index is 1.93. The number of fused-ring (bicyclic) bond motifs is 1. The molecule has 0 fully saturated rings. The molecule has 0 saturated carbocycles. The summed E-state index contributed by atoms with van der Waals surface area (Å²) in [4.78, 5) is 0.121. The maximum absolute atomic E-state index is 13.8. The molecular formula is C15H15FN2O2S. The second kappa shape index (κ2) is 5.04. The van der Waals surface area contributed by atoms with Crippen molar-refractivity contribution in [2.45, 2.75) is 18.2 Å². The Morgan fingerprint density at radius 2 is 2.00 bits per heavy atom. The Labute approximate surface area is 123 Å². The van der Waals surface area contributed by atoms with Crippen LogP contribution in [-0.4, -0.2) is 15.0 Å². The first-order valence-corrected chi connectivity index (χ1v) is 8.10. The Morgan fingerprint density at radius 3 is 2.76 bits per heavy atom. The van der Waals surface area contributed by atoms with Gasteiger partial charge in [-0.2, -0.15) is 0 Å². The lowest BCUT2D eigenvalue weighted by atomic mass is 10.2. The van der Waals surface area contributed by atoms with Crippen LogP contribution >= 0.6 is 0 Å². The number of rotatable bonds is 3. The van der Waals surface area contributed by atoms with Gasteiger partial charge < -0.3 is 5.32 Å². The third-order valence-electron chi connectivity index (χ3n) is 3.47. The fourth-order valence-electron chi connectivity index (χ4n) is 2.34. The molecule has 0 aliphatic carbocycles. The van der Waals surface area contributed by atoms with Crippen LogP contribution in [0.25, 0.3) is 0 Å². The molecule has 0 unspecified atom stereocenters. The van der Waals surface area contributed by atoms with Crippen molar-refractivity contribution in [2.75, 3.05) is 16.6 Å². The van der Waals surface area contributed by atoms with Crippen molar-refractivity contribution in [3.63, 3.8) is 0 Å². The Bertz CT molecular complexity index is 803. The van der Waals surface area contributed by atoms with Gasteiger partial charge in [0.05, 0.1) is 10.6 Å². The highest BCUT2D eigenvalue weighted by atomic mass is 32.2. The average molecular weight is 306 g/mol. The number of hydrogen-bond acceptors (Lipinski definition) is 3. The van der Waals surface area contributed by atoms with Gasteiger partial charge in [0.1, 0.15) is 5.82 Å². The van der Waals surface area contributed by atoms with Crippen LogP contribution in [0.1, 0.15) is 11.1 Å². The van der Waals surface area contributed by atoms with Gasteiger partial charge in [0.15, 0.2) is 0 Å². The van der Waals surface area contributed by atoms with E-state index in [0.29, 0.717) is 0 Å². The second-order valence-electron chi connectivity index (χ2n) is 5.08. The summed E-state index contributed by atoms with van der Waals surface area (Å²) in [6.45, 7) is 2.55. The minimum Gasteiger partial charge on any atom is -0.384 e. The molecule has 0 radical (unpaired) electrons. The molecule has 0 bridgehead atoms. The number of hydrogen-bond donors (Lipinski definition) is 2. The van der Waals surface area contributed by atoms with Crippen LogP contribution in [0, 0.1) is 12.7 Å². The quantitative estimate of drug-likeness (QED) is 0.916. The van der Waals surface area contributed by atoms with E-state index in [4.69, 9.17) is 0 Å². The van der Waals surface area contributed by atoms with E-state index in [1.54, 1.807) is 31.2 Å². The molecule has 0 aromatic heterocycles. The summed E-state index contributed by atoms with van der Waals surface area (Å²) in [5.41, 5.74) is 2.60. The zero-order valence-electron chi connectivity index (χ0n) is 11.5. The van der Waals surface area contributed by atoms with Crippen LogP contribution < -0.4 is 10.0 Å². The van der Waals surface area contributed by atoms with Gasteiger partial charge >= 0.3 is 0 Å². The summed E-state index contributed by atoms with van der Waals surface area (Å²) in [6, 6.07) is 9.29. The van der Waals surface area contributed by atoms with Crippen molar-refractivity contribution in [3.8, 4) is 0 Å². The van der Waals surface area contributed by atoms with Gasteiger partial charge in [0, 0.05) is 12.2 Å². The van der Waals surface area contributed by atoms with Gasteiger partial charge in [-0.25, -0.2) is 12.8 Å². The minimum atomic E-state index is -3.80. The van der Waals surface area contributed by atoms with Gasteiger partial charge in [0.2, 0.25) is 0 Å². The van der Waals surface area contributed by atoms with E-state index in [2.05, 4.69) is 10.0 Å². The molecule has 2 aromatic rings. The lowest BCUT2D eigenvalue weighted by Crippen LogP contribution is -2.14. The number of nitrogens with one attached hydrogen (secondary N) is 2. The molecule has 0 atom stereocenters. The van der Waals surface area contributed by atoms with Gasteiger partial charge in [-0.05, 0) is 48.7 Å². The first-order valence-electron chi connectivity index (χ1n) is 6.61. The largest absolute Gasteiger partial charge is 0.384 e. The summed E-state index contributed by atoms with van der Waals surface area (Å²) >= 11 is 0. The highest BCUT2D eigenvalue weighted by Gasteiger charge is 2.19. The van der Waals surface area contributed by atoms with Crippen molar-refractivity contribution in [3.05, 3.63) is 53.3 Å². The zero-order valence-corrected chi connectivity index (χ0v) is 12.3. The van der Waals surface area contributed by atoms with Crippen molar-refractivity contribution in [1.29, 1.82) is 0 Å². The van der Waals surface area contributed by atoms with Crippen molar-refractivity contribution in [2.24, 2.45) is 0 Å². The van der Waals surface area contributed by atoms with Crippen molar-refractivity contribution >= 4 is 21.4 Å². The second-order valence-corrected chi connectivity index (χ2v) is 6.77. The van der Waals surface area contributed by atoms with E-state index in [-0.39, 0.29) is 10.6 Å². The molecule has 0 spiro atoms. The molecule has 2 aromatic carbocycles. The number of anilines is 2. The molecule has 4 nitrogen and oxygen atoms in total. The molecule has 1 aliphatic rings. The third kappa shape index (κ3) is 2.71. The molecule has 1 heterocycles. The molecule has 1 aliphatic heterocycles. The van der Waals surface area contributed by atoms with Crippen LogP contribution in [0.4, 0.5) is 15.8 Å². The predicted octanol–water partition coefficient (Wildman–Crippen LogP) is 2.90. The Morgan fingerprint density at radius 1 is 1.19 bits per heavy atom. The van der Waals surface area contributed by atoms with Crippen LogP contribution in [0.3, 0.4) is 0 Å². The fraction of sp³-hybridized carbons (Fsp3) is 0.200. The molecular weight excluding hydrogens is 291 g/mol. The van der Waals surface area contributed by atoms with E-state index < -0.39 is 15.8 Å². The summed E-state index contributed by atoms with van der Waals surface area (Å²) in [6.07, 6.45) is 0.885. The summed E-state index contributed by atoms with van der Waals surface area (Å²) < 4.78 is 40.7. The van der Waals surface area contributed by atoms with Crippen molar-refractivity contribution in [1.82, 2.24) is 0 Å². The number of benzene rings is 2. The van der Waals surface area contributed by atoms with Crippen LogP contribution in [0.5, 0.6) is 0 Å². The summed E-state index contributed by atoms with van der Waals surface area (Å²) in [5, 5.41) is 3.13. The molecule has 110 valence electrons.